The first kappa shape index (κ1) is 14.6. The summed E-state index contributed by atoms with van der Waals surface area (Å²) < 4.78 is 2.20. The van der Waals surface area contributed by atoms with Crippen molar-refractivity contribution in [3.63, 3.8) is 0 Å². The number of nitrogens with zero attached hydrogens (tertiary/aromatic N) is 2. The van der Waals surface area contributed by atoms with E-state index in [1.807, 2.05) is 18.2 Å². The van der Waals surface area contributed by atoms with Crippen LogP contribution in [0.4, 0.5) is 0 Å². The summed E-state index contributed by atoms with van der Waals surface area (Å²) in [7, 11) is 0. The van der Waals surface area contributed by atoms with E-state index in [0.29, 0.717) is 12.3 Å². The van der Waals surface area contributed by atoms with Gasteiger partial charge in [-0.05, 0) is 31.4 Å². The third-order valence-electron chi connectivity index (χ3n) is 3.81. The fraction of sp³-hybridized carbons (Fsp3) is 0.500. The van der Waals surface area contributed by atoms with Crippen molar-refractivity contribution in [2.24, 2.45) is 0 Å². The molecule has 0 unspecified atom stereocenters. The van der Waals surface area contributed by atoms with Crippen LogP contribution in [0.3, 0.4) is 0 Å². The van der Waals surface area contributed by atoms with Crippen LogP contribution < -0.4 is 0 Å². The van der Waals surface area contributed by atoms with E-state index in [4.69, 9.17) is 10.1 Å². The van der Waals surface area contributed by atoms with Crippen LogP contribution in [-0.4, -0.2) is 20.6 Å². The molecule has 0 aliphatic rings. The summed E-state index contributed by atoms with van der Waals surface area (Å²) in [5.74, 6) is 0.798. The summed E-state index contributed by atoms with van der Waals surface area (Å²) in [6.07, 6.45) is 2.95. The van der Waals surface area contributed by atoms with Gasteiger partial charge in [-0.3, -0.25) is 4.79 Å². The van der Waals surface area contributed by atoms with Gasteiger partial charge in [0.25, 0.3) is 0 Å². The molecular formula is C16H22N2O2. The lowest BCUT2D eigenvalue weighted by Gasteiger charge is -2.15. The zero-order valence-corrected chi connectivity index (χ0v) is 12.2. The number of imidazole rings is 1. The Morgan fingerprint density at radius 3 is 2.65 bits per heavy atom. The Balaban J connectivity index is 2.36. The van der Waals surface area contributed by atoms with E-state index in [0.717, 1.165) is 36.2 Å². The summed E-state index contributed by atoms with van der Waals surface area (Å²) in [4.78, 5) is 15.5. The highest BCUT2D eigenvalue weighted by atomic mass is 16.4. The van der Waals surface area contributed by atoms with Gasteiger partial charge in [0.2, 0.25) is 0 Å². The number of aryl methyl sites for hydroxylation is 1. The number of hydrogen-bond acceptors (Lipinski definition) is 2. The molecular weight excluding hydrogens is 252 g/mol. The molecule has 1 aromatic heterocycles. The summed E-state index contributed by atoms with van der Waals surface area (Å²) >= 11 is 0. The number of rotatable bonds is 7. The Kier molecular flexibility index (Phi) is 4.77. The van der Waals surface area contributed by atoms with Gasteiger partial charge in [-0.1, -0.05) is 26.0 Å². The van der Waals surface area contributed by atoms with Gasteiger partial charge in [0.15, 0.2) is 0 Å². The largest absolute Gasteiger partial charge is 0.481 e. The van der Waals surface area contributed by atoms with Crippen LogP contribution in [0.5, 0.6) is 0 Å². The molecule has 1 aromatic carbocycles. The number of carbonyl (C=O) groups is 1. The SMILES string of the molecule is CCC(CC)c1nc2ccccc2n1CCCC(=O)O. The fourth-order valence-electron chi connectivity index (χ4n) is 2.68. The average molecular weight is 274 g/mol. The lowest BCUT2D eigenvalue weighted by molar-refractivity contribution is -0.137. The molecule has 0 spiro atoms. The molecule has 108 valence electrons. The molecule has 1 heterocycles. The number of hydrogen-bond donors (Lipinski definition) is 1. The van der Waals surface area contributed by atoms with Gasteiger partial charge in [-0.25, -0.2) is 4.98 Å². The average Bonchev–Trinajstić information content (AvgIpc) is 2.79. The highest BCUT2D eigenvalue weighted by molar-refractivity contribution is 5.76. The van der Waals surface area contributed by atoms with Crippen molar-refractivity contribution in [2.45, 2.75) is 52.0 Å². The van der Waals surface area contributed by atoms with E-state index in [2.05, 4.69) is 24.5 Å². The molecule has 2 aromatic rings. The minimum atomic E-state index is -0.737. The maximum atomic E-state index is 10.7. The highest BCUT2D eigenvalue weighted by Gasteiger charge is 2.17. The Hall–Kier alpha value is -1.84. The molecule has 0 bridgehead atoms. The number of carboxylic acid groups (broad SMARTS) is 1. The van der Waals surface area contributed by atoms with E-state index in [1.54, 1.807) is 0 Å². The molecule has 0 fully saturated rings. The standard InChI is InChI=1S/C16H22N2O2/c1-3-12(4-2)16-17-13-8-5-6-9-14(13)18(16)11-7-10-15(19)20/h5-6,8-9,12H,3-4,7,10-11H2,1-2H3,(H,19,20). The van der Waals surface area contributed by atoms with Gasteiger partial charge >= 0.3 is 5.97 Å². The molecule has 0 saturated heterocycles. The van der Waals surface area contributed by atoms with E-state index >= 15 is 0 Å². The summed E-state index contributed by atoms with van der Waals surface area (Å²) in [6.45, 7) is 5.07. The third kappa shape index (κ3) is 3.00. The number of benzene rings is 1. The minimum Gasteiger partial charge on any atom is -0.481 e. The van der Waals surface area contributed by atoms with Crippen molar-refractivity contribution in [1.29, 1.82) is 0 Å². The van der Waals surface area contributed by atoms with Crippen molar-refractivity contribution >= 4 is 17.0 Å². The van der Waals surface area contributed by atoms with Gasteiger partial charge in [0.05, 0.1) is 11.0 Å². The van der Waals surface area contributed by atoms with Crippen LogP contribution in [-0.2, 0) is 11.3 Å². The highest BCUT2D eigenvalue weighted by Crippen LogP contribution is 2.27. The first-order chi connectivity index (χ1) is 9.67. The Labute approximate surface area is 119 Å². The summed E-state index contributed by atoms with van der Waals surface area (Å²) in [5, 5.41) is 8.80. The van der Waals surface area contributed by atoms with Gasteiger partial charge in [0, 0.05) is 18.9 Å². The quantitative estimate of drug-likeness (QED) is 0.835. The molecule has 4 nitrogen and oxygen atoms in total. The number of fused-ring (bicyclic) bond motifs is 1. The summed E-state index contributed by atoms with van der Waals surface area (Å²) in [6, 6.07) is 8.09. The predicted molar refractivity (Wildman–Crippen MR) is 79.9 cm³/mol. The Bertz CT molecular complexity index is 585. The molecule has 0 aliphatic heterocycles. The van der Waals surface area contributed by atoms with Crippen LogP contribution in [0.25, 0.3) is 11.0 Å². The molecule has 0 amide bonds. The van der Waals surface area contributed by atoms with Crippen molar-refractivity contribution < 1.29 is 9.90 Å². The van der Waals surface area contributed by atoms with Crippen molar-refractivity contribution in [2.75, 3.05) is 0 Å². The maximum Gasteiger partial charge on any atom is 0.303 e. The second-order valence-corrected chi connectivity index (χ2v) is 5.12. The van der Waals surface area contributed by atoms with Crippen LogP contribution in [0, 0.1) is 0 Å². The zero-order valence-electron chi connectivity index (χ0n) is 12.2. The van der Waals surface area contributed by atoms with E-state index in [1.165, 1.54) is 0 Å². The van der Waals surface area contributed by atoms with Crippen LogP contribution >= 0.6 is 0 Å². The fourth-order valence-corrected chi connectivity index (χ4v) is 2.68. The predicted octanol–water partition coefficient (Wildman–Crippen LogP) is 3.80. The Morgan fingerprint density at radius 2 is 2.00 bits per heavy atom. The zero-order chi connectivity index (χ0) is 14.5. The number of aromatic nitrogens is 2. The topological polar surface area (TPSA) is 55.1 Å². The first-order valence-corrected chi connectivity index (χ1v) is 7.34. The van der Waals surface area contributed by atoms with Crippen molar-refractivity contribution in [3.05, 3.63) is 30.1 Å². The number of carboxylic acids is 1. The molecule has 0 saturated carbocycles. The smallest absolute Gasteiger partial charge is 0.303 e. The second-order valence-electron chi connectivity index (χ2n) is 5.12. The van der Waals surface area contributed by atoms with Gasteiger partial charge in [-0.2, -0.15) is 0 Å². The van der Waals surface area contributed by atoms with Gasteiger partial charge in [0.1, 0.15) is 5.82 Å². The maximum absolute atomic E-state index is 10.7. The Morgan fingerprint density at radius 1 is 1.30 bits per heavy atom. The summed E-state index contributed by atoms with van der Waals surface area (Å²) in [5.41, 5.74) is 2.12. The molecule has 0 atom stereocenters. The van der Waals surface area contributed by atoms with Crippen molar-refractivity contribution in [1.82, 2.24) is 9.55 Å². The van der Waals surface area contributed by atoms with Gasteiger partial charge in [-0.15, -0.1) is 0 Å². The lowest BCUT2D eigenvalue weighted by atomic mass is 10.0. The van der Waals surface area contributed by atoms with Crippen LogP contribution in [0.1, 0.15) is 51.3 Å². The molecule has 0 aliphatic carbocycles. The molecule has 2 rings (SSSR count). The van der Waals surface area contributed by atoms with Crippen LogP contribution in [0.15, 0.2) is 24.3 Å². The first-order valence-electron chi connectivity index (χ1n) is 7.34. The third-order valence-corrected chi connectivity index (χ3v) is 3.81. The normalized spacial score (nSPS) is 11.3. The van der Waals surface area contributed by atoms with Crippen LogP contribution in [0.2, 0.25) is 0 Å². The number of aliphatic carboxylic acids is 1. The lowest BCUT2D eigenvalue weighted by Crippen LogP contribution is -2.09. The molecule has 4 heteroatoms. The van der Waals surface area contributed by atoms with E-state index in [9.17, 15) is 4.79 Å². The number of para-hydroxylation sites is 2. The monoisotopic (exact) mass is 274 g/mol. The minimum absolute atomic E-state index is 0.203. The van der Waals surface area contributed by atoms with Crippen molar-refractivity contribution in [3.8, 4) is 0 Å². The van der Waals surface area contributed by atoms with E-state index in [-0.39, 0.29) is 6.42 Å². The second kappa shape index (κ2) is 6.55. The van der Waals surface area contributed by atoms with Gasteiger partial charge < -0.3 is 9.67 Å². The molecule has 20 heavy (non-hydrogen) atoms. The molecule has 1 N–H and O–H groups in total. The van der Waals surface area contributed by atoms with E-state index < -0.39 is 5.97 Å². The molecule has 0 radical (unpaired) electrons.